The van der Waals surface area contributed by atoms with Gasteiger partial charge in [-0.1, -0.05) is 0 Å². The van der Waals surface area contributed by atoms with Gasteiger partial charge in [-0.05, 0) is 6.92 Å². The van der Waals surface area contributed by atoms with Gasteiger partial charge >= 0.3 is 5.97 Å². The van der Waals surface area contributed by atoms with Crippen LogP contribution in [0.2, 0.25) is 0 Å². The number of rotatable bonds is 6. The molecule has 0 radical (unpaired) electrons. The summed E-state index contributed by atoms with van der Waals surface area (Å²) in [6, 6.07) is 0. The summed E-state index contributed by atoms with van der Waals surface area (Å²) < 4.78 is 8.98. The number of carbonyl (C=O) groups excluding carboxylic acids is 1. The molecule has 0 aromatic carbocycles. The first kappa shape index (κ1) is 16.7. The zero-order valence-corrected chi connectivity index (χ0v) is 9.18. The molecule has 0 aromatic rings. The van der Waals surface area contributed by atoms with Crippen LogP contribution in [-0.2, 0) is 14.3 Å². The third-order valence-electron chi connectivity index (χ3n) is 1.13. The number of hydrogen-bond donors (Lipinski definition) is 3. The van der Waals surface area contributed by atoms with Crippen LogP contribution in [-0.4, -0.2) is 54.0 Å². The van der Waals surface area contributed by atoms with Crippen LogP contribution in [0.1, 0.15) is 20.3 Å². The predicted molar refractivity (Wildman–Crippen MR) is 53.1 cm³/mol. The number of ether oxygens (including phenoxy) is 2. The van der Waals surface area contributed by atoms with Crippen LogP contribution in [0.25, 0.3) is 0 Å². The number of aliphatic hydroxyl groups excluding tert-OH is 3. The van der Waals surface area contributed by atoms with E-state index in [0.29, 0.717) is 6.61 Å². The third-order valence-corrected chi connectivity index (χ3v) is 1.13. The van der Waals surface area contributed by atoms with E-state index in [1.54, 1.807) is 6.92 Å². The third kappa shape index (κ3) is 19.6. The Kier molecular flexibility index (Phi) is 14.8. The fourth-order valence-corrected chi connectivity index (χ4v) is 0.586. The predicted octanol–water partition coefficient (Wildman–Crippen LogP) is -0.735. The topological polar surface area (TPSA) is 96.2 Å². The average molecular weight is 224 g/mol. The molecule has 0 saturated carbocycles. The number of carbonyl (C=O) groups is 1. The lowest BCUT2D eigenvalue weighted by Crippen LogP contribution is -2.15. The molecule has 0 saturated heterocycles. The Morgan fingerprint density at radius 3 is 2.20 bits per heavy atom. The largest absolute Gasteiger partial charge is 0.466 e. The van der Waals surface area contributed by atoms with E-state index >= 15 is 0 Å². The van der Waals surface area contributed by atoms with Crippen LogP contribution in [0.4, 0.5) is 0 Å². The summed E-state index contributed by atoms with van der Waals surface area (Å²) in [4.78, 5) is 9.82. The van der Waals surface area contributed by atoms with E-state index < -0.39 is 6.29 Å². The average Bonchev–Trinajstić information content (AvgIpc) is 2.16. The highest BCUT2D eigenvalue weighted by Crippen LogP contribution is 1.90. The van der Waals surface area contributed by atoms with Crippen molar-refractivity contribution in [2.75, 3.05) is 26.4 Å². The van der Waals surface area contributed by atoms with E-state index in [2.05, 4.69) is 9.47 Å². The molecule has 1 unspecified atom stereocenters. The van der Waals surface area contributed by atoms with Crippen molar-refractivity contribution in [1.29, 1.82) is 0 Å². The van der Waals surface area contributed by atoms with Gasteiger partial charge in [0.1, 0.15) is 0 Å². The number of esters is 1. The Labute approximate surface area is 89.4 Å². The molecule has 0 heterocycles. The van der Waals surface area contributed by atoms with Gasteiger partial charge in [-0.2, -0.15) is 0 Å². The smallest absolute Gasteiger partial charge is 0.302 e. The lowest BCUT2D eigenvalue weighted by Gasteiger charge is -2.07. The van der Waals surface area contributed by atoms with Crippen molar-refractivity contribution in [1.82, 2.24) is 0 Å². The first-order chi connectivity index (χ1) is 7.08. The SMILES string of the molecule is CCOC(C)=O.OCCOC(O)CCO. The zero-order chi connectivity index (χ0) is 12.1. The molecule has 3 N–H and O–H groups in total. The molecular formula is C9H20O6. The van der Waals surface area contributed by atoms with Crippen LogP contribution in [0.5, 0.6) is 0 Å². The molecule has 0 spiro atoms. The Hall–Kier alpha value is -0.690. The van der Waals surface area contributed by atoms with E-state index in [-0.39, 0.29) is 32.2 Å². The first-order valence-corrected chi connectivity index (χ1v) is 4.73. The maximum absolute atomic E-state index is 9.82. The van der Waals surface area contributed by atoms with E-state index in [1.165, 1.54) is 6.92 Å². The second-order valence-corrected chi connectivity index (χ2v) is 2.49. The Bertz CT molecular complexity index is 139. The zero-order valence-electron chi connectivity index (χ0n) is 9.18. The maximum atomic E-state index is 9.82. The molecule has 0 fully saturated rings. The van der Waals surface area contributed by atoms with Crippen molar-refractivity contribution >= 4 is 5.97 Å². The molecule has 92 valence electrons. The summed E-state index contributed by atoms with van der Waals surface area (Å²) >= 11 is 0. The summed E-state index contributed by atoms with van der Waals surface area (Å²) in [7, 11) is 0. The normalized spacial score (nSPS) is 11.3. The number of aliphatic hydroxyl groups is 3. The van der Waals surface area contributed by atoms with Crippen molar-refractivity contribution in [3.8, 4) is 0 Å². The van der Waals surface area contributed by atoms with Crippen molar-refractivity contribution in [3.63, 3.8) is 0 Å². The van der Waals surface area contributed by atoms with Crippen LogP contribution >= 0.6 is 0 Å². The lowest BCUT2D eigenvalue weighted by molar-refractivity contribution is -0.140. The summed E-state index contributed by atoms with van der Waals surface area (Å²) in [5.41, 5.74) is 0. The quantitative estimate of drug-likeness (QED) is 0.406. The van der Waals surface area contributed by atoms with Gasteiger partial charge in [-0.3, -0.25) is 4.79 Å². The molecule has 0 aromatic heterocycles. The highest BCUT2D eigenvalue weighted by atomic mass is 16.6. The minimum Gasteiger partial charge on any atom is -0.466 e. The molecule has 1 atom stereocenters. The van der Waals surface area contributed by atoms with Gasteiger partial charge in [0.25, 0.3) is 0 Å². The lowest BCUT2D eigenvalue weighted by atomic mass is 10.4. The fraction of sp³-hybridized carbons (Fsp3) is 0.889. The molecule has 0 aliphatic heterocycles. The maximum Gasteiger partial charge on any atom is 0.302 e. The van der Waals surface area contributed by atoms with Crippen molar-refractivity contribution in [2.24, 2.45) is 0 Å². The Morgan fingerprint density at radius 1 is 1.33 bits per heavy atom. The Morgan fingerprint density at radius 2 is 1.93 bits per heavy atom. The molecule has 15 heavy (non-hydrogen) atoms. The van der Waals surface area contributed by atoms with Crippen LogP contribution in [0.15, 0.2) is 0 Å². The Balaban J connectivity index is 0. The fourth-order valence-electron chi connectivity index (χ4n) is 0.586. The van der Waals surface area contributed by atoms with Gasteiger partial charge in [0.15, 0.2) is 6.29 Å². The van der Waals surface area contributed by atoms with E-state index in [4.69, 9.17) is 15.3 Å². The molecule has 0 bridgehead atoms. The summed E-state index contributed by atoms with van der Waals surface area (Å²) in [6.45, 7) is 3.55. The molecule has 0 rings (SSSR count). The van der Waals surface area contributed by atoms with Gasteiger partial charge in [-0.15, -0.1) is 0 Å². The molecule has 6 heteroatoms. The van der Waals surface area contributed by atoms with E-state index in [9.17, 15) is 4.79 Å². The minimum absolute atomic E-state index is 0.105. The molecule has 6 nitrogen and oxygen atoms in total. The summed E-state index contributed by atoms with van der Waals surface area (Å²) in [5.74, 6) is -0.211. The van der Waals surface area contributed by atoms with Crippen molar-refractivity contribution in [3.05, 3.63) is 0 Å². The van der Waals surface area contributed by atoms with Crippen LogP contribution < -0.4 is 0 Å². The standard InChI is InChI=1S/C5H12O4.C4H8O2/c6-2-1-5(8)9-4-3-7;1-3-6-4(2)5/h5-8H,1-4H2;3H2,1-2H3. The van der Waals surface area contributed by atoms with Crippen LogP contribution in [0, 0.1) is 0 Å². The first-order valence-electron chi connectivity index (χ1n) is 4.73. The molecular weight excluding hydrogens is 204 g/mol. The molecule has 0 aliphatic rings. The molecule has 0 amide bonds. The highest BCUT2D eigenvalue weighted by molar-refractivity contribution is 5.65. The van der Waals surface area contributed by atoms with Gasteiger partial charge in [0, 0.05) is 20.0 Å². The number of hydrogen-bond acceptors (Lipinski definition) is 6. The van der Waals surface area contributed by atoms with E-state index in [0.717, 1.165) is 0 Å². The van der Waals surface area contributed by atoms with Crippen molar-refractivity contribution < 1.29 is 29.6 Å². The van der Waals surface area contributed by atoms with Gasteiger partial charge < -0.3 is 24.8 Å². The minimum atomic E-state index is -0.942. The molecule has 0 aliphatic carbocycles. The summed E-state index contributed by atoms with van der Waals surface area (Å²) in [5, 5.41) is 25.1. The monoisotopic (exact) mass is 224 g/mol. The van der Waals surface area contributed by atoms with Gasteiger partial charge in [-0.25, -0.2) is 0 Å². The van der Waals surface area contributed by atoms with E-state index in [1.807, 2.05) is 0 Å². The van der Waals surface area contributed by atoms with Crippen molar-refractivity contribution in [2.45, 2.75) is 26.6 Å². The van der Waals surface area contributed by atoms with Crippen LogP contribution in [0.3, 0.4) is 0 Å². The highest BCUT2D eigenvalue weighted by Gasteiger charge is 1.99. The second kappa shape index (κ2) is 13.3. The van der Waals surface area contributed by atoms with Gasteiger partial charge in [0.2, 0.25) is 0 Å². The summed E-state index contributed by atoms with van der Waals surface area (Å²) in [6.07, 6.45) is -0.748. The van der Waals surface area contributed by atoms with Gasteiger partial charge in [0.05, 0.1) is 19.8 Å². The second-order valence-electron chi connectivity index (χ2n) is 2.49.